The fourth-order valence-electron chi connectivity index (χ4n) is 7.68. The van der Waals surface area contributed by atoms with Crippen LogP contribution in [-0.2, 0) is 14.3 Å². The van der Waals surface area contributed by atoms with Crippen molar-refractivity contribution in [3.05, 3.63) is 72.9 Å². The van der Waals surface area contributed by atoms with Gasteiger partial charge >= 0.3 is 5.97 Å². The summed E-state index contributed by atoms with van der Waals surface area (Å²) >= 11 is 0. The van der Waals surface area contributed by atoms with Gasteiger partial charge in [0, 0.05) is 6.42 Å². The second-order valence-corrected chi connectivity index (χ2v) is 17.7. The minimum atomic E-state index is -0.801. The molecule has 0 aromatic heterocycles. The molecule has 6 heteroatoms. The summed E-state index contributed by atoms with van der Waals surface area (Å²) in [6, 6.07) is -0.718. The molecular formula is C56H99NO5. The van der Waals surface area contributed by atoms with E-state index in [9.17, 15) is 19.8 Å². The van der Waals surface area contributed by atoms with Gasteiger partial charge in [-0.2, -0.15) is 0 Å². The number of ether oxygens (including phenoxy) is 1. The van der Waals surface area contributed by atoms with E-state index in [-0.39, 0.29) is 24.9 Å². The van der Waals surface area contributed by atoms with Gasteiger partial charge in [-0.05, 0) is 70.6 Å². The lowest BCUT2D eigenvalue weighted by atomic mass is 10.0. The topological polar surface area (TPSA) is 95.9 Å². The van der Waals surface area contributed by atoms with E-state index in [0.717, 1.165) is 83.5 Å². The summed E-state index contributed by atoms with van der Waals surface area (Å²) in [7, 11) is 0. The molecule has 3 N–H and O–H groups in total. The van der Waals surface area contributed by atoms with Crippen LogP contribution in [0.25, 0.3) is 0 Å². The second-order valence-electron chi connectivity index (χ2n) is 17.7. The molecule has 3 atom stereocenters. The molecule has 0 bridgehead atoms. The molecule has 6 nitrogen and oxygen atoms in total. The maximum absolute atomic E-state index is 13.2. The third-order valence-corrected chi connectivity index (χ3v) is 11.6. The van der Waals surface area contributed by atoms with Crippen LogP contribution in [0.5, 0.6) is 0 Å². The predicted molar refractivity (Wildman–Crippen MR) is 268 cm³/mol. The van der Waals surface area contributed by atoms with Gasteiger partial charge in [-0.3, -0.25) is 9.59 Å². The largest absolute Gasteiger partial charge is 0.462 e. The van der Waals surface area contributed by atoms with E-state index in [0.29, 0.717) is 19.3 Å². The number of nitrogens with one attached hydrogen (secondary N) is 1. The molecule has 0 aromatic rings. The molecular weight excluding hydrogens is 767 g/mol. The Bertz CT molecular complexity index is 1150. The van der Waals surface area contributed by atoms with Crippen LogP contribution in [0.1, 0.15) is 245 Å². The van der Waals surface area contributed by atoms with Crippen LogP contribution in [0.3, 0.4) is 0 Å². The number of carbonyl (C=O) groups is 2. The Balaban J connectivity index is 4.70. The van der Waals surface area contributed by atoms with Crippen molar-refractivity contribution in [3.8, 4) is 0 Å². The Kier molecular flexibility index (Phi) is 47.2. The molecule has 0 radical (unpaired) electrons. The molecule has 0 saturated heterocycles. The molecule has 0 aromatic carbocycles. The third-order valence-electron chi connectivity index (χ3n) is 11.6. The van der Waals surface area contributed by atoms with Gasteiger partial charge in [0.2, 0.25) is 5.91 Å². The number of hydrogen-bond donors (Lipinski definition) is 3. The van der Waals surface area contributed by atoms with Gasteiger partial charge in [-0.25, -0.2) is 0 Å². The highest BCUT2D eigenvalue weighted by Crippen LogP contribution is 2.17. The zero-order valence-electron chi connectivity index (χ0n) is 40.7. The van der Waals surface area contributed by atoms with E-state index < -0.39 is 18.2 Å². The van der Waals surface area contributed by atoms with Gasteiger partial charge < -0.3 is 20.3 Å². The van der Waals surface area contributed by atoms with Gasteiger partial charge in [0.1, 0.15) is 6.10 Å². The molecule has 0 spiro atoms. The monoisotopic (exact) mass is 866 g/mol. The lowest BCUT2D eigenvalue weighted by molar-refractivity contribution is -0.151. The van der Waals surface area contributed by atoms with Crippen LogP contribution in [-0.4, -0.2) is 46.9 Å². The number of aliphatic hydroxyl groups excluding tert-OH is 2. The molecule has 0 fully saturated rings. The Morgan fingerprint density at radius 3 is 1.39 bits per heavy atom. The number of carbonyl (C=O) groups excluding carboxylic acids is 2. The molecule has 1 amide bonds. The summed E-state index contributed by atoms with van der Waals surface area (Å²) in [6.07, 6.45) is 62.4. The highest BCUT2D eigenvalue weighted by molar-refractivity contribution is 5.77. The van der Waals surface area contributed by atoms with E-state index >= 15 is 0 Å². The van der Waals surface area contributed by atoms with Crippen molar-refractivity contribution in [2.45, 2.75) is 264 Å². The summed E-state index contributed by atoms with van der Waals surface area (Å²) < 4.78 is 5.91. The molecule has 0 heterocycles. The maximum atomic E-state index is 13.2. The predicted octanol–water partition coefficient (Wildman–Crippen LogP) is 15.8. The average molecular weight is 866 g/mol. The number of amides is 1. The minimum Gasteiger partial charge on any atom is -0.462 e. The molecule has 0 aliphatic heterocycles. The van der Waals surface area contributed by atoms with E-state index in [1.807, 2.05) is 42.5 Å². The van der Waals surface area contributed by atoms with Crippen LogP contribution >= 0.6 is 0 Å². The molecule has 0 aliphatic carbocycles. The Hall–Kier alpha value is -2.70. The SMILES string of the molecule is CC/C=C/C=C/C=C\C=C/C=C/CCCCCC(=O)OC(CCCCC/C=C/CCCCCCCCCCC)CC(=O)NC(CO)C(O)CCCCCCCCCCCCCC. The number of rotatable bonds is 46. The van der Waals surface area contributed by atoms with Crippen LogP contribution in [0.15, 0.2) is 72.9 Å². The standard InChI is InChI=1S/C56H99NO5/c1-4-7-10-13-16-19-22-25-27-29-30-32-35-38-41-44-47-52(62-56(61)49-46-43-40-37-34-31-28-26-23-20-17-14-11-8-5-2)50-55(60)57-53(51-58)54(59)48-45-42-39-36-33-24-21-18-15-12-9-6-3/h8,11,14,17,20,23,26,28,30-32,34,52-54,58-59H,4-7,9-10,12-13,15-16,18-19,21-22,24-25,27,29,33,35-51H2,1-3H3,(H,57,60)/b11-8+,17-14+,23-20-,28-26-,32-30+,34-31+. The van der Waals surface area contributed by atoms with Crippen LogP contribution < -0.4 is 5.32 Å². The van der Waals surface area contributed by atoms with E-state index in [4.69, 9.17) is 4.74 Å². The maximum Gasteiger partial charge on any atom is 0.306 e. The lowest BCUT2D eigenvalue weighted by Gasteiger charge is -2.24. The number of esters is 1. The number of unbranched alkanes of at least 4 members (excludes halogenated alkanes) is 26. The Morgan fingerprint density at radius 1 is 0.484 bits per heavy atom. The summed E-state index contributed by atoms with van der Waals surface area (Å²) in [5.41, 5.74) is 0. The summed E-state index contributed by atoms with van der Waals surface area (Å²) in [4.78, 5) is 26.1. The first kappa shape index (κ1) is 59.3. The third kappa shape index (κ3) is 43.9. The van der Waals surface area contributed by atoms with Crippen LogP contribution in [0.4, 0.5) is 0 Å². The summed E-state index contributed by atoms with van der Waals surface area (Å²) in [5, 5.41) is 23.8. The number of allylic oxidation sites excluding steroid dienone is 12. The number of hydrogen-bond acceptors (Lipinski definition) is 5. The normalized spacial score (nSPS) is 13.8. The molecule has 3 unspecified atom stereocenters. The van der Waals surface area contributed by atoms with E-state index in [2.05, 4.69) is 56.5 Å². The molecule has 0 aliphatic rings. The molecule has 0 saturated carbocycles. The highest BCUT2D eigenvalue weighted by atomic mass is 16.5. The minimum absolute atomic E-state index is 0.0475. The van der Waals surface area contributed by atoms with Crippen molar-refractivity contribution < 1.29 is 24.5 Å². The molecule has 358 valence electrons. The average Bonchev–Trinajstić information content (AvgIpc) is 3.26. The van der Waals surface area contributed by atoms with E-state index in [1.54, 1.807) is 0 Å². The highest BCUT2D eigenvalue weighted by Gasteiger charge is 2.24. The first-order valence-electron chi connectivity index (χ1n) is 26.2. The molecule has 0 rings (SSSR count). The van der Waals surface area contributed by atoms with Crippen molar-refractivity contribution in [3.63, 3.8) is 0 Å². The van der Waals surface area contributed by atoms with Crippen molar-refractivity contribution in [1.82, 2.24) is 5.32 Å². The Labute approximate surface area is 383 Å². The van der Waals surface area contributed by atoms with Gasteiger partial charge in [0.25, 0.3) is 0 Å². The van der Waals surface area contributed by atoms with Gasteiger partial charge in [-0.15, -0.1) is 0 Å². The Morgan fingerprint density at radius 2 is 0.887 bits per heavy atom. The van der Waals surface area contributed by atoms with Crippen molar-refractivity contribution in [1.29, 1.82) is 0 Å². The smallest absolute Gasteiger partial charge is 0.306 e. The van der Waals surface area contributed by atoms with Gasteiger partial charge in [0.15, 0.2) is 0 Å². The number of aliphatic hydroxyl groups is 2. The quantitative estimate of drug-likeness (QED) is 0.0245. The van der Waals surface area contributed by atoms with Gasteiger partial charge in [0.05, 0.1) is 25.2 Å². The lowest BCUT2D eigenvalue weighted by Crippen LogP contribution is -2.46. The van der Waals surface area contributed by atoms with Crippen molar-refractivity contribution in [2.75, 3.05) is 6.61 Å². The van der Waals surface area contributed by atoms with Crippen molar-refractivity contribution in [2.24, 2.45) is 0 Å². The fourth-order valence-corrected chi connectivity index (χ4v) is 7.68. The van der Waals surface area contributed by atoms with Crippen LogP contribution in [0, 0.1) is 0 Å². The first-order chi connectivity index (χ1) is 30.5. The van der Waals surface area contributed by atoms with E-state index in [1.165, 1.54) is 116 Å². The zero-order valence-corrected chi connectivity index (χ0v) is 40.7. The fraction of sp³-hybridized carbons (Fsp3) is 0.750. The summed E-state index contributed by atoms with van der Waals surface area (Å²) in [5.74, 6) is -0.538. The van der Waals surface area contributed by atoms with Crippen LogP contribution in [0.2, 0.25) is 0 Å². The summed E-state index contributed by atoms with van der Waals surface area (Å²) in [6.45, 7) is 6.33. The first-order valence-corrected chi connectivity index (χ1v) is 26.2. The molecule has 62 heavy (non-hydrogen) atoms. The second kappa shape index (κ2) is 49.3. The van der Waals surface area contributed by atoms with Gasteiger partial charge in [-0.1, -0.05) is 235 Å². The van der Waals surface area contributed by atoms with Crippen molar-refractivity contribution >= 4 is 11.9 Å². The zero-order chi connectivity index (χ0) is 45.2.